The van der Waals surface area contributed by atoms with E-state index in [1.54, 1.807) is 4.90 Å². The molecule has 1 atom stereocenters. The summed E-state index contributed by atoms with van der Waals surface area (Å²) in [5.74, 6) is -0.635. The van der Waals surface area contributed by atoms with Crippen molar-refractivity contribution in [3.8, 4) is 0 Å². The molecule has 24 heavy (non-hydrogen) atoms. The van der Waals surface area contributed by atoms with E-state index >= 15 is 0 Å². The number of amidine groups is 1. The van der Waals surface area contributed by atoms with Crippen LogP contribution < -0.4 is 5.73 Å². The topological polar surface area (TPSA) is 75.8 Å². The number of nitrogens with two attached hydrogens (primary N) is 1. The number of thioether (sulfide) groups is 1. The molecule has 0 aromatic heterocycles. The van der Waals surface area contributed by atoms with Gasteiger partial charge in [0.2, 0.25) is 11.8 Å². The second-order valence-corrected chi connectivity index (χ2v) is 6.58. The Morgan fingerprint density at radius 2 is 1.75 bits per heavy atom. The number of hydrogen-bond acceptors (Lipinski definition) is 4. The third kappa shape index (κ3) is 3.83. The molecule has 5 nitrogen and oxygen atoms in total. The number of aliphatic imine (C=N–C) groups is 1. The molecule has 0 bridgehead atoms. The van der Waals surface area contributed by atoms with E-state index < -0.39 is 11.2 Å². The molecular formula is C18H17N3O2S. The molecule has 3 rings (SSSR count). The smallest absolute Gasteiger partial charge is 0.231 e. The number of nitrogens with zero attached hydrogens (tertiary/aromatic N) is 2. The van der Waals surface area contributed by atoms with Gasteiger partial charge in [0.25, 0.3) is 0 Å². The summed E-state index contributed by atoms with van der Waals surface area (Å²) < 4.78 is 0. The predicted octanol–water partition coefficient (Wildman–Crippen LogP) is 2.69. The van der Waals surface area contributed by atoms with Crippen LogP contribution in [0.5, 0.6) is 0 Å². The quantitative estimate of drug-likeness (QED) is 0.930. The van der Waals surface area contributed by atoms with Crippen LogP contribution in [0.1, 0.15) is 12.0 Å². The van der Waals surface area contributed by atoms with E-state index in [2.05, 4.69) is 4.99 Å². The predicted molar refractivity (Wildman–Crippen MR) is 95.7 cm³/mol. The number of para-hydroxylation sites is 1. The SMILES string of the molecule is NC(=O)C1CC(=O)N(Cc2ccccc2)C(=Nc2ccccc2)S1. The van der Waals surface area contributed by atoms with Crippen LogP contribution in [0.15, 0.2) is 65.7 Å². The molecule has 2 aromatic carbocycles. The molecule has 6 heteroatoms. The lowest BCUT2D eigenvalue weighted by molar-refractivity contribution is -0.130. The van der Waals surface area contributed by atoms with Gasteiger partial charge >= 0.3 is 0 Å². The summed E-state index contributed by atoms with van der Waals surface area (Å²) in [6.07, 6.45) is 0.0979. The molecule has 1 aliphatic heterocycles. The number of benzene rings is 2. The number of carbonyl (C=O) groups excluding carboxylic acids is 2. The van der Waals surface area contributed by atoms with Gasteiger partial charge in [-0.3, -0.25) is 14.5 Å². The molecule has 0 spiro atoms. The minimum absolute atomic E-state index is 0.0979. The highest BCUT2D eigenvalue weighted by Gasteiger charge is 2.34. The molecule has 122 valence electrons. The lowest BCUT2D eigenvalue weighted by atomic mass is 10.2. The van der Waals surface area contributed by atoms with Crippen LogP contribution in [0.4, 0.5) is 5.69 Å². The van der Waals surface area contributed by atoms with Crippen LogP contribution in [0, 0.1) is 0 Å². The summed E-state index contributed by atoms with van der Waals surface area (Å²) >= 11 is 1.25. The Hall–Kier alpha value is -2.60. The van der Waals surface area contributed by atoms with Crippen molar-refractivity contribution in [1.29, 1.82) is 0 Å². The van der Waals surface area contributed by atoms with Gasteiger partial charge in [-0.05, 0) is 17.7 Å². The van der Waals surface area contributed by atoms with Gasteiger partial charge in [-0.1, -0.05) is 60.3 Å². The third-order valence-corrected chi connectivity index (χ3v) is 4.83. The van der Waals surface area contributed by atoms with Gasteiger partial charge in [0.05, 0.1) is 17.5 Å². The van der Waals surface area contributed by atoms with Crippen molar-refractivity contribution in [3.63, 3.8) is 0 Å². The molecule has 2 amide bonds. The van der Waals surface area contributed by atoms with Crippen molar-refractivity contribution in [2.24, 2.45) is 10.7 Å². The number of hydrogen-bond donors (Lipinski definition) is 1. The van der Waals surface area contributed by atoms with Crippen molar-refractivity contribution in [2.45, 2.75) is 18.2 Å². The molecule has 1 aliphatic rings. The van der Waals surface area contributed by atoms with Gasteiger partial charge in [-0.2, -0.15) is 0 Å². The van der Waals surface area contributed by atoms with E-state index in [9.17, 15) is 9.59 Å². The second kappa shape index (κ2) is 7.31. The summed E-state index contributed by atoms with van der Waals surface area (Å²) in [6.45, 7) is 0.420. The normalized spacial score (nSPS) is 19.5. The van der Waals surface area contributed by atoms with Crippen LogP contribution in [0.25, 0.3) is 0 Å². The van der Waals surface area contributed by atoms with Gasteiger partial charge in [0, 0.05) is 6.42 Å². The maximum Gasteiger partial charge on any atom is 0.231 e. The van der Waals surface area contributed by atoms with Gasteiger partial charge in [-0.15, -0.1) is 0 Å². The van der Waals surface area contributed by atoms with Crippen LogP contribution in [0.3, 0.4) is 0 Å². The largest absolute Gasteiger partial charge is 0.369 e. The molecule has 1 saturated heterocycles. The van der Waals surface area contributed by atoms with Crippen molar-refractivity contribution >= 4 is 34.4 Å². The highest BCUT2D eigenvalue weighted by Crippen LogP contribution is 2.29. The first-order chi connectivity index (χ1) is 11.6. The Bertz CT molecular complexity index is 762. The summed E-state index contributed by atoms with van der Waals surface area (Å²) in [4.78, 5) is 30.2. The van der Waals surface area contributed by atoms with E-state index in [4.69, 9.17) is 5.73 Å². The monoisotopic (exact) mass is 339 g/mol. The number of carbonyl (C=O) groups is 2. The number of rotatable bonds is 4. The zero-order chi connectivity index (χ0) is 16.9. The van der Waals surface area contributed by atoms with Crippen LogP contribution in [-0.4, -0.2) is 27.1 Å². The fourth-order valence-electron chi connectivity index (χ4n) is 2.39. The Kier molecular flexibility index (Phi) is 4.96. The Morgan fingerprint density at radius 1 is 1.12 bits per heavy atom. The Morgan fingerprint density at radius 3 is 2.38 bits per heavy atom. The van der Waals surface area contributed by atoms with E-state index in [0.717, 1.165) is 11.3 Å². The van der Waals surface area contributed by atoms with Gasteiger partial charge in [0.1, 0.15) is 0 Å². The van der Waals surface area contributed by atoms with Crippen LogP contribution >= 0.6 is 11.8 Å². The molecule has 1 fully saturated rings. The van der Waals surface area contributed by atoms with Crippen molar-refractivity contribution < 1.29 is 9.59 Å². The lowest BCUT2D eigenvalue weighted by Gasteiger charge is -2.31. The zero-order valence-corrected chi connectivity index (χ0v) is 13.8. The lowest BCUT2D eigenvalue weighted by Crippen LogP contribution is -2.45. The first-order valence-electron chi connectivity index (χ1n) is 7.57. The van der Waals surface area contributed by atoms with Crippen molar-refractivity contribution in [1.82, 2.24) is 4.90 Å². The standard InChI is InChI=1S/C18H17N3O2S/c19-17(23)15-11-16(22)21(12-13-7-3-1-4-8-13)18(24-15)20-14-9-5-2-6-10-14/h1-10,15H,11-12H2,(H2,19,23). The molecule has 0 radical (unpaired) electrons. The number of amides is 2. The van der Waals surface area contributed by atoms with Gasteiger partial charge in [0.15, 0.2) is 5.17 Å². The molecule has 0 aliphatic carbocycles. The average Bonchev–Trinajstić information content (AvgIpc) is 2.59. The third-order valence-electron chi connectivity index (χ3n) is 3.62. The molecule has 1 unspecified atom stereocenters. The molecule has 0 saturated carbocycles. The minimum atomic E-state index is -0.577. The Balaban J connectivity index is 1.92. The van der Waals surface area contributed by atoms with Crippen LogP contribution in [0.2, 0.25) is 0 Å². The highest BCUT2D eigenvalue weighted by molar-refractivity contribution is 8.15. The molecule has 1 heterocycles. The second-order valence-electron chi connectivity index (χ2n) is 5.41. The maximum atomic E-state index is 12.5. The molecule has 2 aromatic rings. The molecular weight excluding hydrogens is 322 g/mol. The van der Waals surface area contributed by atoms with Gasteiger partial charge < -0.3 is 5.73 Å². The number of primary amides is 1. The highest BCUT2D eigenvalue weighted by atomic mass is 32.2. The van der Waals surface area contributed by atoms with E-state index in [0.29, 0.717) is 11.7 Å². The van der Waals surface area contributed by atoms with Crippen molar-refractivity contribution in [3.05, 3.63) is 66.2 Å². The Labute approximate surface area is 144 Å². The summed E-state index contributed by atoms with van der Waals surface area (Å²) in [7, 11) is 0. The summed E-state index contributed by atoms with van der Waals surface area (Å²) in [5.41, 5.74) is 7.13. The van der Waals surface area contributed by atoms with E-state index in [1.165, 1.54) is 11.8 Å². The first kappa shape index (κ1) is 16.3. The minimum Gasteiger partial charge on any atom is -0.369 e. The zero-order valence-electron chi connectivity index (χ0n) is 13.0. The van der Waals surface area contributed by atoms with Crippen LogP contribution in [-0.2, 0) is 16.1 Å². The fraction of sp³-hybridized carbons (Fsp3) is 0.167. The van der Waals surface area contributed by atoms with E-state index in [-0.39, 0.29) is 12.3 Å². The maximum absolute atomic E-state index is 12.5. The fourth-order valence-corrected chi connectivity index (χ4v) is 3.44. The summed E-state index contributed by atoms with van der Waals surface area (Å²) in [5, 5.41) is -0.0721. The van der Waals surface area contributed by atoms with Gasteiger partial charge in [-0.25, -0.2) is 4.99 Å². The first-order valence-corrected chi connectivity index (χ1v) is 8.45. The average molecular weight is 339 g/mol. The van der Waals surface area contributed by atoms with Crippen molar-refractivity contribution in [2.75, 3.05) is 0 Å². The molecule has 2 N–H and O–H groups in total. The summed E-state index contributed by atoms with van der Waals surface area (Å²) in [6, 6.07) is 19.1. The van der Waals surface area contributed by atoms with E-state index in [1.807, 2.05) is 60.7 Å².